The van der Waals surface area contributed by atoms with Gasteiger partial charge < -0.3 is 15.5 Å². The molecule has 2 rings (SSSR count). The minimum atomic E-state index is -0.177. The first-order valence-electron chi connectivity index (χ1n) is 7.47. The summed E-state index contributed by atoms with van der Waals surface area (Å²) in [6, 6.07) is 11.1. The molecule has 0 aliphatic rings. The molecule has 0 radical (unpaired) electrons. The van der Waals surface area contributed by atoms with Crippen molar-refractivity contribution in [2.75, 3.05) is 37.8 Å². The zero-order valence-corrected chi connectivity index (χ0v) is 14.9. The number of amides is 1. The normalized spacial score (nSPS) is 10.6. The van der Waals surface area contributed by atoms with Gasteiger partial charge in [-0.2, -0.15) is 0 Å². The van der Waals surface area contributed by atoms with E-state index in [2.05, 4.69) is 50.5 Å². The van der Waals surface area contributed by atoms with E-state index in [1.807, 2.05) is 30.3 Å². The van der Waals surface area contributed by atoms with Crippen LogP contribution in [0.4, 0.5) is 11.5 Å². The van der Waals surface area contributed by atoms with Gasteiger partial charge in [-0.15, -0.1) is 0 Å². The zero-order valence-electron chi connectivity index (χ0n) is 13.3. The summed E-state index contributed by atoms with van der Waals surface area (Å²) >= 11 is 3.41. The Morgan fingerprint density at radius 1 is 1.22 bits per heavy atom. The Labute approximate surface area is 145 Å². The molecule has 0 saturated carbocycles. The first kappa shape index (κ1) is 17.4. The number of benzene rings is 1. The minimum absolute atomic E-state index is 0.177. The van der Waals surface area contributed by atoms with Gasteiger partial charge in [-0.05, 0) is 67.3 Å². The standard InChI is InChI=1S/C17H21BrN4O/c1-22(2)11-5-10-19-16-9-8-13(12-20-16)17(23)21-15-7-4-3-6-14(15)18/h3-4,6-9,12H,5,10-11H2,1-2H3,(H,19,20)(H,21,23). The maximum absolute atomic E-state index is 12.2. The molecular formula is C17H21BrN4O. The van der Waals surface area contributed by atoms with Crippen molar-refractivity contribution in [1.82, 2.24) is 9.88 Å². The summed E-state index contributed by atoms with van der Waals surface area (Å²) in [4.78, 5) is 18.6. The van der Waals surface area contributed by atoms with Gasteiger partial charge in [-0.1, -0.05) is 12.1 Å². The van der Waals surface area contributed by atoms with Crippen molar-refractivity contribution in [3.8, 4) is 0 Å². The Morgan fingerprint density at radius 2 is 2.00 bits per heavy atom. The van der Waals surface area contributed by atoms with Crippen molar-refractivity contribution < 1.29 is 4.79 Å². The summed E-state index contributed by atoms with van der Waals surface area (Å²) < 4.78 is 0.848. The fourth-order valence-electron chi connectivity index (χ4n) is 2.00. The van der Waals surface area contributed by atoms with Crippen LogP contribution >= 0.6 is 15.9 Å². The molecule has 0 aliphatic heterocycles. The third kappa shape index (κ3) is 5.65. The van der Waals surface area contributed by atoms with E-state index in [1.165, 1.54) is 0 Å². The summed E-state index contributed by atoms with van der Waals surface area (Å²) in [6.45, 7) is 1.88. The summed E-state index contributed by atoms with van der Waals surface area (Å²) in [5.41, 5.74) is 1.27. The van der Waals surface area contributed by atoms with Gasteiger partial charge in [0, 0.05) is 17.2 Å². The number of nitrogens with one attached hydrogen (secondary N) is 2. The Morgan fingerprint density at radius 3 is 2.65 bits per heavy atom. The maximum Gasteiger partial charge on any atom is 0.257 e. The molecule has 2 aromatic rings. The van der Waals surface area contributed by atoms with Crippen molar-refractivity contribution >= 4 is 33.3 Å². The highest BCUT2D eigenvalue weighted by Crippen LogP contribution is 2.21. The molecule has 0 fully saturated rings. The second kappa shape index (κ2) is 8.64. The fraction of sp³-hybridized carbons (Fsp3) is 0.294. The number of nitrogens with zero attached hydrogens (tertiary/aromatic N) is 2. The Kier molecular flexibility index (Phi) is 6.55. The van der Waals surface area contributed by atoms with Crippen molar-refractivity contribution in [1.29, 1.82) is 0 Å². The van der Waals surface area contributed by atoms with Crippen LogP contribution in [-0.4, -0.2) is 43.0 Å². The Balaban J connectivity index is 1.89. The van der Waals surface area contributed by atoms with Crippen molar-refractivity contribution in [2.45, 2.75) is 6.42 Å². The van der Waals surface area contributed by atoms with Crippen LogP contribution in [0, 0.1) is 0 Å². The quantitative estimate of drug-likeness (QED) is 0.726. The largest absolute Gasteiger partial charge is 0.370 e. The van der Waals surface area contributed by atoms with E-state index in [-0.39, 0.29) is 5.91 Å². The molecule has 1 aromatic heterocycles. The molecule has 0 bridgehead atoms. The number of halogens is 1. The maximum atomic E-state index is 12.2. The van der Waals surface area contributed by atoms with Gasteiger partial charge in [0.1, 0.15) is 5.82 Å². The third-order valence-electron chi connectivity index (χ3n) is 3.24. The molecule has 6 heteroatoms. The van der Waals surface area contributed by atoms with Crippen LogP contribution in [0.25, 0.3) is 0 Å². The van der Waals surface area contributed by atoms with E-state index in [0.29, 0.717) is 5.56 Å². The zero-order chi connectivity index (χ0) is 16.7. The van der Waals surface area contributed by atoms with Gasteiger partial charge >= 0.3 is 0 Å². The Bertz CT molecular complexity index is 643. The molecule has 2 N–H and O–H groups in total. The summed E-state index contributed by atoms with van der Waals surface area (Å²) in [6.07, 6.45) is 2.62. The van der Waals surface area contributed by atoms with E-state index in [0.717, 1.165) is 35.5 Å². The minimum Gasteiger partial charge on any atom is -0.370 e. The average molecular weight is 377 g/mol. The molecule has 122 valence electrons. The number of carbonyl (C=O) groups is 1. The van der Waals surface area contributed by atoms with E-state index >= 15 is 0 Å². The first-order valence-corrected chi connectivity index (χ1v) is 8.26. The molecule has 1 amide bonds. The van der Waals surface area contributed by atoms with Gasteiger partial charge in [0.25, 0.3) is 5.91 Å². The number of pyridine rings is 1. The lowest BCUT2D eigenvalue weighted by atomic mass is 10.2. The van der Waals surface area contributed by atoms with Crippen LogP contribution in [0.5, 0.6) is 0 Å². The van der Waals surface area contributed by atoms with Gasteiger partial charge in [0.2, 0.25) is 0 Å². The number of hydrogen-bond acceptors (Lipinski definition) is 4. The SMILES string of the molecule is CN(C)CCCNc1ccc(C(=O)Nc2ccccc2Br)cn1. The third-order valence-corrected chi connectivity index (χ3v) is 3.93. The molecule has 1 heterocycles. The molecule has 23 heavy (non-hydrogen) atoms. The molecule has 0 saturated heterocycles. The summed E-state index contributed by atoms with van der Waals surface area (Å²) in [7, 11) is 4.10. The van der Waals surface area contributed by atoms with Crippen molar-refractivity contribution in [3.05, 3.63) is 52.6 Å². The molecule has 0 atom stereocenters. The molecule has 0 aliphatic carbocycles. The molecule has 1 aromatic carbocycles. The van der Waals surface area contributed by atoms with E-state index < -0.39 is 0 Å². The predicted octanol–water partition coefficient (Wildman–Crippen LogP) is 3.46. The van der Waals surface area contributed by atoms with Crippen LogP contribution in [-0.2, 0) is 0 Å². The lowest BCUT2D eigenvalue weighted by Crippen LogP contribution is -2.17. The van der Waals surface area contributed by atoms with Gasteiger partial charge in [0.05, 0.1) is 11.3 Å². The van der Waals surface area contributed by atoms with Crippen molar-refractivity contribution in [3.63, 3.8) is 0 Å². The predicted molar refractivity (Wildman–Crippen MR) is 98.0 cm³/mol. The van der Waals surface area contributed by atoms with Crippen LogP contribution in [0.1, 0.15) is 16.8 Å². The highest BCUT2D eigenvalue weighted by molar-refractivity contribution is 9.10. The number of hydrogen-bond donors (Lipinski definition) is 2. The van der Waals surface area contributed by atoms with Crippen LogP contribution in [0.15, 0.2) is 47.1 Å². The number of aromatic nitrogens is 1. The second-order valence-corrected chi connectivity index (χ2v) is 6.30. The lowest BCUT2D eigenvalue weighted by molar-refractivity contribution is 0.102. The van der Waals surface area contributed by atoms with E-state index in [9.17, 15) is 4.79 Å². The van der Waals surface area contributed by atoms with Crippen LogP contribution in [0.2, 0.25) is 0 Å². The molecule has 0 spiro atoms. The molecule has 0 unspecified atom stereocenters. The lowest BCUT2D eigenvalue weighted by Gasteiger charge is -2.10. The molecule has 5 nitrogen and oxygen atoms in total. The topological polar surface area (TPSA) is 57.3 Å². The van der Waals surface area contributed by atoms with E-state index in [4.69, 9.17) is 0 Å². The van der Waals surface area contributed by atoms with Crippen LogP contribution < -0.4 is 10.6 Å². The number of anilines is 2. The first-order chi connectivity index (χ1) is 11.1. The average Bonchev–Trinajstić information content (AvgIpc) is 2.54. The Hall–Kier alpha value is -1.92. The second-order valence-electron chi connectivity index (χ2n) is 5.45. The number of rotatable bonds is 7. The van der Waals surface area contributed by atoms with Crippen LogP contribution in [0.3, 0.4) is 0 Å². The van der Waals surface area contributed by atoms with E-state index in [1.54, 1.807) is 12.3 Å². The van der Waals surface area contributed by atoms with Gasteiger partial charge in [-0.25, -0.2) is 4.98 Å². The smallest absolute Gasteiger partial charge is 0.257 e. The van der Waals surface area contributed by atoms with Crippen molar-refractivity contribution in [2.24, 2.45) is 0 Å². The summed E-state index contributed by atoms with van der Waals surface area (Å²) in [5.74, 6) is 0.602. The number of para-hydroxylation sites is 1. The summed E-state index contributed by atoms with van der Waals surface area (Å²) in [5, 5.41) is 6.11. The van der Waals surface area contributed by atoms with Gasteiger partial charge in [0.15, 0.2) is 0 Å². The highest BCUT2D eigenvalue weighted by Gasteiger charge is 2.08. The monoisotopic (exact) mass is 376 g/mol. The molecular weight excluding hydrogens is 356 g/mol. The van der Waals surface area contributed by atoms with Gasteiger partial charge in [-0.3, -0.25) is 4.79 Å². The number of carbonyl (C=O) groups excluding carboxylic acids is 1. The highest BCUT2D eigenvalue weighted by atomic mass is 79.9. The fourth-order valence-corrected chi connectivity index (χ4v) is 2.39.